The number of carbonyl (C=O) groups is 1. The highest BCUT2D eigenvalue weighted by Crippen LogP contribution is 2.18. The fourth-order valence-corrected chi connectivity index (χ4v) is 3.23. The van der Waals surface area contributed by atoms with E-state index in [0.717, 1.165) is 11.3 Å². The van der Waals surface area contributed by atoms with E-state index in [0.29, 0.717) is 37.6 Å². The molecule has 0 saturated carbocycles. The van der Waals surface area contributed by atoms with E-state index < -0.39 is 0 Å². The smallest absolute Gasteiger partial charge is 0.241 e. The van der Waals surface area contributed by atoms with Gasteiger partial charge in [-0.1, -0.05) is 69.5 Å². The second-order valence-electron chi connectivity index (χ2n) is 8.96. The number of nitriles is 1. The third kappa shape index (κ3) is 6.41. The van der Waals surface area contributed by atoms with E-state index in [4.69, 9.17) is 5.26 Å². The topological polar surface area (TPSA) is 85.2 Å². The Labute approximate surface area is 189 Å². The number of benzene rings is 1. The van der Waals surface area contributed by atoms with Crippen molar-refractivity contribution in [2.45, 2.75) is 27.3 Å². The van der Waals surface area contributed by atoms with Gasteiger partial charge < -0.3 is 10.2 Å². The maximum absolute atomic E-state index is 12.7. The first kappa shape index (κ1) is 23.0. The molecule has 0 aliphatic carbocycles. The summed E-state index contributed by atoms with van der Waals surface area (Å²) in [4.78, 5) is 24.7. The molecule has 7 nitrogen and oxygen atoms in total. The lowest BCUT2D eigenvalue weighted by atomic mass is 9.97. The van der Waals surface area contributed by atoms with E-state index in [1.54, 1.807) is 4.90 Å². The molecule has 1 aliphatic heterocycles. The molecule has 2 aromatic rings. The van der Waals surface area contributed by atoms with Gasteiger partial charge in [-0.15, -0.1) is 0 Å². The molecule has 0 radical (unpaired) electrons. The second-order valence-corrected chi connectivity index (χ2v) is 8.96. The Balaban J connectivity index is 1.66. The van der Waals surface area contributed by atoms with Crippen molar-refractivity contribution in [3.63, 3.8) is 0 Å². The van der Waals surface area contributed by atoms with Crippen LogP contribution in [0.15, 0.2) is 48.8 Å². The average molecular weight is 429 g/mol. The molecule has 0 unspecified atom stereocenters. The highest BCUT2D eigenvalue weighted by atomic mass is 16.2. The van der Waals surface area contributed by atoms with E-state index in [9.17, 15) is 4.79 Å². The standard InChI is InChI=1S/C25H28N6O/c1-19-15-30(16-20-9-6-5-7-10-20)17-23(32)31(19)12-8-11-21-14-27-22(13-26)29-24(21)28-18-25(2,3)4/h5-7,9-10,14H,1,12,15-18H2,2-4H3,(H,27,28,29). The first-order valence-corrected chi connectivity index (χ1v) is 10.5. The number of anilines is 1. The molecule has 1 aromatic heterocycles. The van der Waals surface area contributed by atoms with Gasteiger partial charge in [-0.25, -0.2) is 9.97 Å². The lowest BCUT2D eigenvalue weighted by Gasteiger charge is -2.35. The van der Waals surface area contributed by atoms with Gasteiger partial charge in [0.05, 0.1) is 18.7 Å². The highest BCUT2D eigenvalue weighted by Gasteiger charge is 2.26. The molecule has 2 heterocycles. The Morgan fingerprint density at radius 3 is 2.62 bits per heavy atom. The van der Waals surface area contributed by atoms with Crippen molar-refractivity contribution >= 4 is 11.7 Å². The van der Waals surface area contributed by atoms with Gasteiger partial charge in [0.25, 0.3) is 0 Å². The summed E-state index contributed by atoms with van der Waals surface area (Å²) in [5.74, 6) is 6.68. The van der Waals surface area contributed by atoms with Crippen molar-refractivity contribution in [3.05, 3.63) is 65.8 Å². The molecule has 1 fully saturated rings. The first-order chi connectivity index (χ1) is 15.2. The van der Waals surface area contributed by atoms with Gasteiger partial charge in [0, 0.05) is 31.5 Å². The number of hydrogen-bond donors (Lipinski definition) is 1. The van der Waals surface area contributed by atoms with Crippen molar-refractivity contribution in [1.29, 1.82) is 5.26 Å². The molecule has 3 rings (SSSR count). The molecule has 1 aliphatic rings. The summed E-state index contributed by atoms with van der Waals surface area (Å²) in [5.41, 5.74) is 2.52. The Morgan fingerprint density at radius 2 is 1.97 bits per heavy atom. The van der Waals surface area contributed by atoms with Crippen LogP contribution in [0, 0.1) is 28.6 Å². The molecule has 7 heteroatoms. The predicted octanol–water partition coefficient (Wildman–Crippen LogP) is 3.02. The van der Waals surface area contributed by atoms with Crippen LogP contribution in [0.4, 0.5) is 5.82 Å². The Hall–Kier alpha value is -3.68. The number of amides is 1. The van der Waals surface area contributed by atoms with Gasteiger partial charge in [0.15, 0.2) is 0 Å². The summed E-state index contributed by atoms with van der Waals surface area (Å²) in [6.45, 7) is 13.0. The number of carbonyl (C=O) groups excluding carboxylic acids is 1. The predicted molar refractivity (Wildman–Crippen MR) is 124 cm³/mol. The molecule has 1 N–H and O–H groups in total. The van der Waals surface area contributed by atoms with Crippen LogP contribution in [0.3, 0.4) is 0 Å². The molecular weight excluding hydrogens is 400 g/mol. The zero-order valence-corrected chi connectivity index (χ0v) is 18.9. The molecular formula is C25H28N6O. The van der Waals surface area contributed by atoms with E-state index in [1.165, 1.54) is 6.20 Å². The van der Waals surface area contributed by atoms with Crippen molar-refractivity contribution in [2.75, 3.05) is 31.5 Å². The zero-order valence-electron chi connectivity index (χ0n) is 18.9. The van der Waals surface area contributed by atoms with Crippen LogP contribution >= 0.6 is 0 Å². The van der Waals surface area contributed by atoms with Gasteiger partial charge in [0.2, 0.25) is 11.7 Å². The molecule has 1 aromatic carbocycles. The van der Waals surface area contributed by atoms with Crippen LogP contribution in [-0.4, -0.2) is 51.9 Å². The number of rotatable bonds is 5. The van der Waals surface area contributed by atoms with Gasteiger partial charge in [-0.05, 0) is 11.0 Å². The van der Waals surface area contributed by atoms with Crippen LogP contribution in [0.5, 0.6) is 0 Å². The highest BCUT2D eigenvalue weighted by molar-refractivity contribution is 5.81. The van der Waals surface area contributed by atoms with E-state index >= 15 is 0 Å². The summed E-state index contributed by atoms with van der Waals surface area (Å²) in [6, 6.07) is 12.0. The molecule has 1 saturated heterocycles. The minimum absolute atomic E-state index is 0.0198. The first-order valence-electron chi connectivity index (χ1n) is 10.5. The molecule has 164 valence electrons. The second kappa shape index (κ2) is 10.1. The van der Waals surface area contributed by atoms with Crippen molar-refractivity contribution in [2.24, 2.45) is 5.41 Å². The largest absolute Gasteiger partial charge is 0.368 e. The van der Waals surface area contributed by atoms with Crippen LogP contribution in [0.2, 0.25) is 0 Å². The zero-order chi connectivity index (χ0) is 23.1. The Bertz CT molecular complexity index is 1070. The third-order valence-electron chi connectivity index (χ3n) is 4.83. The number of hydrogen-bond acceptors (Lipinski definition) is 6. The number of aromatic nitrogens is 2. The van der Waals surface area contributed by atoms with Gasteiger partial charge in [0.1, 0.15) is 11.9 Å². The monoisotopic (exact) mass is 428 g/mol. The Kier molecular flexibility index (Phi) is 7.25. The summed E-state index contributed by atoms with van der Waals surface area (Å²) in [7, 11) is 0. The summed E-state index contributed by atoms with van der Waals surface area (Å²) < 4.78 is 0. The number of nitrogens with zero attached hydrogens (tertiary/aromatic N) is 5. The van der Waals surface area contributed by atoms with Crippen LogP contribution in [-0.2, 0) is 11.3 Å². The fraction of sp³-hybridized carbons (Fsp3) is 0.360. The number of piperazine rings is 1. The van der Waals surface area contributed by atoms with E-state index in [2.05, 4.69) is 71.5 Å². The van der Waals surface area contributed by atoms with E-state index in [-0.39, 0.29) is 23.7 Å². The van der Waals surface area contributed by atoms with Crippen LogP contribution < -0.4 is 5.32 Å². The van der Waals surface area contributed by atoms with Crippen molar-refractivity contribution in [3.8, 4) is 17.9 Å². The average Bonchev–Trinajstić information content (AvgIpc) is 2.75. The Morgan fingerprint density at radius 1 is 1.22 bits per heavy atom. The number of nitrogens with one attached hydrogen (secondary N) is 1. The summed E-state index contributed by atoms with van der Waals surface area (Å²) in [6.07, 6.45) is 1.54. The van der Waals surface area contributed by atoms with Crippen molar-refractivity contribution in [1.82, 2.24) is 19.8 Å². The lowest BCUT2D eigenvalue weighted by molar-refractivity contribution is -0.132. The molecule has 0 atom stereocenters. The maximum Gasteiger partial charge on any atom is 0.241 e. The molecule has 1 amide bonds. The van der Waals surface area contributed by atoms with Gasteiger partial charge >= 0.3 is 0 Å². The van der Waals surface area contributed by atoms with Crippen molar-refractivity contribution < 1.29 is 4.79 Å². The van der Waals surface area contributed by atoms with Gasteiger partial charge in [-0.2, -0.15) is 5.26 Å². The van der Waals surface area contributed by atoms with E-state index in [1.807, 2.05) is 24.3 Å². The summed E-state index contributed by atoms with van der Waals surface area (Å²) in [5, 5.41) is 12.4. The summed E-state index contributed by atoms with van der Waals surface area (Å²) >= 11 is 0. The maximum atomic E-state index is 12.7. The minimum Gasteiger partial charge on any atom is -0.368 e. The van der Waals surface area contributed by atoms with Gasteiger partial charge in [-0.3, -0.25) is 9.69 Å². The third-order valence-corrected chi connectivity index (χ3v) is 4.83. The van der Waals surface area contributed by atoms with Crippen LogP contribution in [0.1, 0.15) is 37.7 Å². The molecule has 32 heavy (non-hydrogen) atoms. The quantitative estimate of drug-likeness (QED) is 0.737. The molecule has 0 spiro atoms. The fourth-order valence-electron chi connectivity index (χ4n) is 3.23. The lowest BCUT2D eigenvalue weighted by Crippen LogP contribution is -2.48. The van der Waals surface area contributed by atoms with Crippen LogP contribution in [0.25, 0.3) is 0 Å². The molecule has 0 bridgehead atoms. The normalized spacial score (nSPS) is 14.5. The SMILES string of the molecule is C=C1CN(Cc2ccccc2)CC(=O)N1CC#Cc1cnc(C#N)nc1NCC(C)(C)C. The minimum atomic E-state index is -0.0198.